The molecule has 2 aromatic carbocycles. The maximum Gasteiger partial charge on any atom is 0.242 e. The van der Waals surface area contributed by atoms with Crippen molar-refractivity contribution in [1.29, 1.82) is 0 Å². The maximum absolute atomic E-state index is 12.8. The number of halogens is 1. The number of nitrogens with zero attached hydrogens (tertiary/aromatic N) is 1. The number of carbonyl (C=O) groups excluding carboxylic acids is 2. The zero-order valence-electron chi connectivity index (χ0n) is 14.9. The predicted octanol–water partition coefficient (Wildman–Crippen LogP) is 3.99. The van der Waals surface area contributed by atoms with Gasteiger partial charge < -0.3 is 10.2 Å². The van der Waals surface area contributed by atoms with Crippen LogP contribution in [0.5, 0.6) is 0 Å². The van der Waals surface area contributed by atoms with Crippen molar-refractivity contribution in [3.8, 4) is 0 Å². The molecule has 0 spiro atoms. The Morgan fingerprint density at radius 1 is 1.12 bits per heavy atom. The third-order valence-corrected chi connectivity index (χ3v) is 5.14. The molecule has 2 aromatic rings. The Hall–Kier alpha value is -1.98. The van der Waals surface area contributed by atoms with Crippen molar-refractivity contribution in [2.24, 2.45) is 0 Å². The SMILES string of the molecule is CCNC(=O)C(C)N(Cc1ccccc1)C(=O)CSc1ccc(Cl)cc1. The van der Waals surface area contributed by atoms with E-state index in [1.165, 1.54) is 11.8 Å². The van der Waals surface area contributed by atoms with Gasteiger partial charge in [0.25, 0.3) is 0 Å². The molecule has 2 amide bonds. The van der Waals surface area contributed by atoms with Crippen molar-refractivity contribution in [1.82, 2.24) is 10.2 Å². The summed E-state index contributed by atoms with van der Waals surface area (Å²) >= 11 is 7.33. The Morgan fingerprint density at radius 3 is 2.38 bits per heavy atom. The summed E-state index contributed by atoms with van der Waals surface area (Å²) in [7, 11) is 0. The standard InChI is InChI=1S/C20H23ClN2O2S/c1-3-22-20(25)15(2)23(13-16-7-5-4-6-8-16)19(24)14-26-18-11-9-17(21)10-12-18/h4-12,15H,3,13-14H2,1-2H3,(H,22,25). The van der Waals surface area contributed by atoms with Crippen molar-refractivity contribution in [3.05, 3.63) is 65.2 Å². The average Bonchev–Trinajstić information content (AvgIpc) is 2.66. The van der Waals surface area contributed by atoms with Crippen LogP contribution in [0.4, 0.5) is 0 Å². The Balaban J connectivity index is 2.09. The number of hydrogen-bond acceptors (Lipinski definition) is 3. The monoisotopic (exact) mass is 390 g/mol. The molecule has 0 aliphatic rings. The summed E-state index contributed by atoms with van der Waals surface area (Å²) in [6.45, 7) is 4.57. The largest absolute Gasteiger partial charge is 0.355 e. The van der Waals surface area contributed by atoms with Crippen molar-refractivity contribution >= 4 is 35.2 Å². The molecule has 6 heteroatoms. The highest BCUT2D eigenvalue weighted by Crippen LogP contribution is 2.21. The molecule has 0 aliphatic carbocycles. The van der Waals surface area contributed by atoms with Crippen LogP contribution < -0.4 is 5.32 Å². The Bertz CT molecular complexity index is 722. The second-order valence-corrected chi connectivity index (χ2v) is 7.31. The van der Waals surface area contributed by atoms with Gasteiger partial charge in [-0.25, -0.2) is 0 Å². The summed E-state index contributed by atoms with van der Waals surface area (Å²) in [5, 5.41) is 3.46. The molecule has 0 bridgehead atoms. The molecule has 26 heavy (non-hydrogen) atoms. The van der Waals surface area contributed by atoms with Crippen LogP contribution in [0.25, 0.3) is 0 Å². The molecule has 0 heterocycles. The van der Waals surface area contributed by atoms with Crippen LogP contribution in [0.2, 0.25) is 5.02 Å². The minimum absolute atomic E-state index is 0.0763. The number of benzene rings is 2. The number of amides is 2. The van der Waals surface area contributed by atoms with Crippen molar-refractivity contribution < 1.29 is 9.59 Å². The first-order chi connectivity index (χ1) is 12.5. The number of likely N-dealkylation sites (N-methyl/N-ethyl adjacent to an activating group) is 1. The number of rotatable bonds is 8. The van der Waals surface area contributed by atoms with E-state index in [4.69, 9.17) is 11.6 Å². The van der Waals surface area contributed by atoms with Crippen molar-refractivity contribution in [2.45, 2.75) is 31.3 Å². The average molecular weight is 391 g/mol. The molecule has 0 radical (unpaired) electrons. The molecule has 4 nitrogen and oxygen atoms in total. The summed E-state index contributed by atoms with van der Waals surface area (Å²) in [6, 6.07) is 16.5. The number of nitrogens with one attached hydrogen (secondary N) is 1. The normalized spacial score (nSPS) is 11.7. The van der Waals surface area contributed by atoms with Crippen molar-refractivity contribution in [2.75, 3.05) is 12.3 Å². The maximum atomic E-state index is 12.8. The number of thioether (sulfide) groups is 1. The second-order valence-electron chi connectivity index (χ2n) is 5.82. The summed E-state index contributed by atoms with van der Waals surface area (Å²) in [4.78, 5) is 27.7. The van der Waals surface area contributed by atoms with E-state index in [9.17, 15) is 9.59 Å². The molecule has 0 aliphatic heterocycles. The van der Waals surface area contributed by atoms with Gasteiger partial charge in [0.05, 0.1) is 5.75 Å². The first-order valence-electron chi connectivity index (χ1n) is 8.50. The first kappa shape index (κ1) is 20.3. The van der Waals surface area contributed by atoms with Crippen LogP contribution in [0.3, 0.4) is 0 Å². The van der Waals surface area contributed by atoms with Crippen LogP contribution in [0.1, 0.15) is 19.4 Å². The third kappa shape index (κ3) is 6.07. The summed E-state index contributed by atoms with van der Waals surface area (Å²) in [5.74, 6) is 0.0407. The molecule has 1 N–H and O–H groups in total. The highest BCUT2D eigenvalue weighted by Gasteiger charge is 2.25. The predicted molar refractivity (Wildman–Crippen MR) is 107 cm³/mol. The Kier molecular flexibility index (Phi) is 8.01. The van der Waals surface area contributed by atoms with E-state index in [0.717, 1.165) is 10.5 Å². The molecule has 0 saturated carbocycles. The second kappa shape index (κ2) is 10.2. The van der Waals surface area contributed by atoms with E-state index >= 15 is 0 Å². The number of carbonyl (C=O) groups is 2. The molecule has 138 valence electrons. The molecule has 0 fully saturated rings. The lowest BCUT2D eigenvalue weighted by atomic mass is 10.1. The topological polar surface area (TPSA) is 49.4 Å². The van der Waals surface area contributed by atoms with Crippen LogP contribution >= 0.6 is 23.4 Å². The van der Waals surface area contributed by atoms with Gasteiger partial charge in [0, 0.05) is 23.0 Å². The van der Waals surface area contributed by atoms with Gasteiger partial charge in [0.2, 0.25) is 11.8 Å². The van der Waals surface area contributed by atoms with E-state index in [2.05, 4.69) is 5.32 Å². The Morgan fingerprint density at radius 2 is 1.77 bits per heavy atom. The highest BCUT2D eigenvalue weighted by atomic mass is 35.5. The number of hydrogen-bond donors (Lipinski definition) is 1. The van der Waals surface area contributed by atoms with Crippen molar-refractivity contribution in [3.63, 3.8) is 0 Å². The van der Waals surface area contributed by atoms with Crippen LogP contribution in [0, 0.1) is 0 Å². The van der Waals surface area contributed by atoms with Gasteiger partial charge >= 0.3 is 0 Å². The summed E-state index contributed by atoms with van der Waals surface area (Å²) in [5.41, 5.74) is 0.994. The van der Waals surface area contributed by atoms with E-state index in [0.29, 0.717) is 18.1 Å². The van der Waals surface area contributed by atoms with Gasteiger partial charge in [-0.2, -0.15) is 0 Å². The van der Waals surface area contributed by atoms with Crippen LogP contribution in [-0.4, -0.2) is 35.1 Å². The Labute approximate surface area is 163 Å². The molecule has 1 atom stereocenters. The van der Waals surface area contributed by atoms with Gasteiger partial charge in [-0.3, -0.25) is 9.59 Å². The third-order valence-electron chi connectivity index (χ3n) is 3.89. The molecular weight excluding hydrogens is 368 g/mol. The van der Waals surface area contributed by atoms with Crippen LogP contribution in [0.15, 0.2) is 59.5 Å². The lowest BCUT2D eigenvalue weighted by molar-refractivity contribution is -0.138. The smallest absolute Gasteiger partial charge is 0.242 e. The van der Waals surface area contributed by atoms with E-state index in [1.54, 1.807) is 24.0 Å². The van der Waals surface area contributed by atoms with E-state index in [1.807, 2.05) is 49.4 Å². The van der Waals surface area contributed by atoms with Gasteiger partial charge in [0.15, 0.2) is 0 Å². The van der Waals surface area contributed by atoms with E-state index < -0.39 is 6.04 Å². The fourth-order valence-electron chi connectivity index (χ4n) is 2.44. The summed E-state index contributed by atoms with van der Waals surface area (Å²) < 4.78 is 0. The van der Waals surface area contributed by atoms with Crippen LogP contribution in [-0.2, 0) is 16.1 Å². The lowest BCUT2D eigenvalue weighted by Crippen LogP contribution is -2.48. The van der Waals surface area contributed by atoms with Gasteiger partial charge in [-0.1, -0.05) is 41.9 Å². The molecular formula is C20H23ClN2O2S. The lowest BCUT2D eigenvalue weighted by Gasteiger charge is -2.28. The minimum atomic E-state index is -0.534. The van der Waals surface area contributed by atoms with Gasteiger partial charge in [0.1, 0.15) is 6.04 Å². The highest BCUT2D eigenvalue weighted by molar-refractivity contribution is 8.00. The first-order valence-corrected chi connectivity index (χ1v) is 9.87. The summed E-state index contributed by atoms with van der Waals surface area (Å²) in [6.07, 6.45) is 0. The van der Waals surface area contributed by atoms with E-state index in [-0.39, 0.29) is 17.6 Å². The zero-order chi connectivity index (χ0) is 18.9. The molecule has 2 rings (SSSR count). The molecule has 0 aromatic heterocycles. The van der Waals surface area contributed by atoms with Gasteiger partial charge in [-0.15, -0.1) is 11.8 Å². The quantitative estimate of drug-likeness (QED) is 0.693. The fourth-order valence-corrected chi connectivity index (χ4v) is 3.35. The fraction of sp³-hybridized carbons (Fsp3) is 0.300. The molecule has 0 saturated heterocycles. The van der Waals surface area contributed by atoms with Gasteiger partial charge in [-0.05, 0) is 43.7 Å². The zero-order valence-corrected chi connectivity index (χ0v) is 16.5. The molecule has 1 unspecified atom stereocenters. The minimum Gasteiger partial charge on any atom is -0.355 e.